The number of nitrogens with zero attached hydrogens (tertiary/aromatic N) is 2. The van der Waals surface area contributed by atoms with Crippen LogP contribution >= 0.6 is 0 Å². The minimum Gasteiger partial charge on any atom is -0.371 e. The Labute approximate surface area is 95.7 Å². The Kier molecular flexibility index (Phi) is 2.12. The predicted octanol–water partition coefficient (Wildman–Crippen LogP) is 1.36. The van der Waals surface area contributed by atoms with Crippen molar-refractivity contribution >= 4 is 5.69 Å². The van der Waals surface area contributed by atoms with Gasteiger partial charge in [-0.05, 0) is 30.7 Å². The van der Waals surface area contributed by atoms with Crippen LogP contribution in [0, 0.1) is 16.7 Å². The van der Waals surface area contributed by atoms with Crippen LogP contribution in [0.4, 0.5) is 5.69 Å². The second-order valence-corrected chi connectivity index (χ2v) is 4.93. The fourth-order valence-electron chi connectivity index (χ4n) is 2.67. The number of nitrogens with one attached hydrogen (secondary N) is 1. The Hall–Kier alpha value is -1.53. The molecule has 0 aliphatic carbocycles. The molecule has 0 atom stereocenters. The second-order valence-electron chi connectivity index (χ2n) is 4.93. The van der Waals surface area contributed by atoms with Crippen LogP contribution in [0.1, 0.15) is 12.0 Å². The molecule has 2 heterocycles. The van der Waals surface area contributed by atoms with Crippen molar-refractivity contribution in [1.29, 1.82) is 5.26 Å². The van der Waals surface area contributed by atoms with E-state index in [4.69, 9.17) is 5.26 Å². The Morgan fingerprint density at radius 1 is 1.25 bits per heavy atom. The summed E-state index contributed by atoms with van der Waals surface area (Å²) in [6, 6.07) is 10.1. The maximum atomic E-state index is 8.75. The molecule has 0 bridgehead atoms. The van der Waals surface area contributed by atoms with Crippen LogP contribution in [0.5, 0.6) is 0 Å². The summed E-state index contributed by atoms with van der Waals surface area (Å²) in [6.45, 7) is 4.64. The average molecular weight is 213 g/mol. The highest BCUT2D eigenvalue weighted by Gasteiger charge is 2.42. The van der Waals surface area contributed by atoms with Gasteiger partial charge in [-0.15, -0.1) is 0 Å². The van der Waals surface area contributed by atoms with Gasteiger partial charge in [0.15, 0.2) is 0 Å². The summed E-state index contributed by atoms with van der Waals surface area (Å²) in [6.07, 6.45) is 1.29. The first-order chi connectivity index (χ1) is 7.81. The van der Waals surface area contributed by atoms with E-state index in [1.807, 2.05) is 12.1 Å². The lowest BCUT2D eigenvalue weighted by atomic mass is 9.81. The largest absolute Gasteiger partial charge is 0.371 e. The quantitative estimate of drug-likeness (QED) is 0.765. The number of anilines is 1. The molecular formula is C13H15N3. The van der Waals surface area contributed by atoms with E-state index in [1.165, 1.54) is 25.2 Å². The Bertz CT molecular complexity index is 425. The first kappa shape index (κ1) is 9.68. The molecule has 0 amide bonds. The number of hydrogen-bond donors (Lipinski definition) is 1. The molecule has 0 saturated carbocycles. The molecule has 0 unspecified atom stereocenters. The number of benzene rings is 1. The molecule has 82 valence electrons. The van der Waals surface area contributed by atoms with Crippen molar-refractivity contribution in [1.82, 2.24) is 5.32 Å². The Balaban J connectivity index is 1.76. The average Bonchev–Trinajstić information content (AvgIpc) is 2.74. The van der Waals surface area contributed by atoms with Crippen LogP contribution in [-0.2, 0) is 0 Å². The number of hydrogen-bond acceptors (Lipinski definition) is 3. The summed E-state index contributed by atoms with van der Waals surface area (Å²) >= 11 is 0. The van der Waals surface area contributed by atoms with Crippen molar-refractivity contribution in [3.8, 4) is 6.07 Å². The maximum absolute atomic E-state index is 8.75. The predicted molar refractivity (Wildman–Crippen MR) is 63.3 cm³/mol. The molecule has 1 aromatic carbocycles. The molecular weight excluding hydrogens is 198 g/mol. The van der Waals surface area contributed by atoms with Gasteiger partial charge in [0.05, 0.1) is 11.6 Å². The van der Waals surface area contributed by atoms with Crippen molar-refractivity contribution in [2.24, 2.45) is 5.41 Å². The molecule has 0 radical (unpaired) electrons. The fraction of sp³-hybridized carbons (Fsp3) is 0.462. The molecule has 3 rings (SSSR count). The van der Waals surface area contributed by atoms with Gasteiger partial charge >= 0.3 is 0 Å². The zero-order chi connectivity index (χ0) is 11.0. The minimum atomic E-state index is 0.536. The van der Waals surface area contributed by atoms with E-state index in [2.05, 4.69) is 28.4 Å². The van der Waals surface area contributed by atoms with E-state index in [0.717, 1.165) is 18.7 Å². The molecule has 0 aromatic heterocycles. The van der Waals surface area contributed by atoms with Crippen molar-refractivity contribution in [3.05, 3.63) is 29.8 Å². The zero-order valence-electron chi connectivity index (χ0n) is 9.24. The van der Waals surface area contributed by atoms with E-state index in [1.54, 1.807) is 0 Å². The topological polar surface area (TPSA) is 39.1 Å². The highest BCUT2D eigenvalue weighted by molar-refractivity contribution is 5.51. The molecule has 3 heteroatoms. The summed E-state index contributed by atoms with van der Waals surface area (Å²) in [4.78, 5) is 2.43. The molecule has 1 aromatic rings. The Morgan fingerprint density at radius 2 is 2.00 bits per heavy atom. The standard InChI is InChI=1S/C13H15N3/c14-7-11-1-3-12(4-2-11)16-6-5-13(10-16)8-15-9-13/h1-4,15H,5-6,8-10H2. The summed E-state index contributed by atoms with van der Waals surface area (Å²) < 4.78 is 0. The van der Waals surface area contributed by atoms with Gasteiger partial charge in [0, 0.05) is 37.3 Å². The van der Waals surface area contributed by atoms with E-state index < -0.39 is 0 Å². The maximum Gasteiger partial charge on any atom is 0.0991 e. The van der Waals surface area contributed by atoms with Gasteiger partial charge in [0.2, 0.25) is 0 Å². The van der Waals surface area contributed by atoms with Gasteiger partial charge in [-0.2, -0.15) is 5.26 Å². The van der Waals surface area contributed by atoms with Gasteiger partial charge < -0.3 is 10.2 Å². The van der Waals surface area contributed by atoms with Gasteiger partial charge in [-0.1, -0.05) is 0 Å². The minimum absolute atomic E-state index is 0.536. The first-order valence-corrected chi connectivity index (χ1v) is 5.77. The third-order valence-corrected chi connectivity index (χ3v) is 3.80. The normalized spacial score (nSPS) is 21.8. The SMILES string of the molecule is N#Cc1ccc(N2CCC3(CNC3)C2)cc1. The smallest absolute Gasteiger partial charge is 0.0991 e. The molecule has 3 nitrogen and oxygen atoms in total. The highest BCUT2D eigenvalue weighted by atomic mass is 15.2. The van der Waals surface area contributed by atoms with E-state index in [9.17, 15) is 0 Å². The summed E-state index contributed by atoms with van der Waals surface area (Å²) in [7, 11) is 0. The molecule has 1 N–H and O–H groups in total. The first-order valence-electron chi connectivity index (χ1n) is 5.77. The van der Waals surface area contributed by atoms with E-state index in [0.29, 0.717) is 5.41 Å². The fourth-order valence-corrected chi connectivity index (χ4v) is 2.67. The monoisotopic (exact) mass is 213 g/mol. The summed E-state index contributed by atoms with van der Waals surface area (Å²) in [5.74, 6) is 0. The van der Waals surface area contributed by atoms with Crippen LogP contribution in [0.25, 0.3) is 0 Å². The molecule has 2 aliphatic rings. The van der Waals surface area contributed by atoms with Crippen LogP contribution in [-0.4, -0.2) is 26.2 Å². The Morgan fingerprint density at radius 3 is 2.50 bits per heavy atom. The van der Waals surface area contributed by atoms with E-state index in [-0.39, 0.29) is 0 Å². The highest BCUT2D eigenvalue weighted by Crippen LogP contribution is 2.36. The molecule has 2 saturated heterocycles. The van der Waals surface area contributed by atoms with E-state index >= 15 is 0 Å². The molecule has 16 heavy (non-hydrogen) atoms. The van der Waals surface area contributed by atoms with Crippen molar-refractivity contribution in [2.45, 2.75) is 6.42 Å². The van der Waals surface area contributed by atoms with Gasteiger partial charge in [-0.3, -0.25) is 0 Å². The van der Waals surface area contributed by atoms with Crippen LogP contribution in [0.2, 0.25) is 0 Å². The number of nitriles is 1. The third kappa shape index (κ3) is 1.46. The van der Waals surface area contributed by atoms with Gasteiger partial charge in [0.1, 0.15) is 0 Å². The summed E-state index contributed by atoms with van der Waals surface area (Å²) in [5.41, 5.74) is 2.53. The van der Waals surface area contributed by atoms with Crippen LogP contribution < -0.4 is 10.2 Å². The molecule has 1 spiro atoms. The molecule has 2 fully saturated rings. The summed E-state index contributed by atoms with van der Waals surface area (Å²) in [5, 5.41) is 12.1. The van der Waals surface area contributed by atoms with Gasteiger partial charge in [-0.25, -0.2) is 0 Å². The third-order valence-electron chi connectivity index (χ3n) is 3.80. The molecule has 2 aliphatic heterocycles. The second kappa shape index (κ2) is 3.50. The van der Waals surface area contributed by atoms with Gasteiger partial charge in [0.25, 0.3) is 0 Å². The van der Waals surface area contributed by atoms with Crippen molar-refractivity contribution < 1.29 is 0 Å². The van der Waals surface area contributed by atoms with Crippen LogP contribution in [0.15, 0.2) is 24.3 Å². The van der Waals surface area contributed by atoms with Crippen molar-refractivity contribution in [3.63, 3.8) is 0 Å². The lowest BCUT2D eigenvalue weighted by Crippen LogP contribution is -2.54. The number of rotatable bonds is 1. The van der Waals surface area contributed by atoms with Crippen LogP contribution in [0.3, 0.4) is 0 Å². The lowest BCUT2D eigenvalue weighted by Gasteiger charge is -2.39. The zero-order valence-corrected chi connectivity index (χ0v) is 9.24. The van der Waals surface area contributed by atoms with Crippen molar-refractivity contribution in [2.75, 3.05) is 31.1 Å². The lowest BCUT2D eigenvalue weighted by molar-refractivity contribution is 0.200.